The molecule has 1 aliphatic rings. The van der Waals surface area contributed by atoms with Crippen molar-refractivity contribution >= 4 is 28.6 Å². The Hall–Kier alpha value is -3.41. The second-order valence-electron chi connectivity index (χ2n) is 6.62. The van der Waals surface area contributed by atoms with E-state index in [0.29, 0.717) is 17.5 Å². The van der Waals surface area contributed by atoms with Crippen LogP contribution in [0.2, 0.25) is 0 Å². The van der Waals surface area contributed by atoms with Gasteiger partial charge in [0.15, 0.2) is 5.78 Å². The molecule has 0 saturated carbocycles. The number of H-pyrrole nitrogens is 1. The van der Waals surface area contributed by atoms with Crippen molar-refractivity contribution in [2.45, 2.75) is 18.9 Å². The highest BCUT2D eigenvalue weighted by atomic mass is 16.2. The summed E-state index contributed by atoms with van der Waals surface area (Å²) in [6.45, 7) is 1.55. The number of nitrogens with zero attached hydrogens (tertiary/aromatic N) is 1. The summed E-state index contributed by atoms with van der Waals surface area (Å²) < 4.78 is 0. The van der Waals surface area contributed by atoms with Crippen LogP contribution in [-0.2, 0) is 10.3 Å². The largest absolute Gasteiger partial charge is 0.360 e. The number of urea groups is 1. The minimum Gasteiger partial charge on any atom is -0.360 e. The van der Waals surface area contributed by atoms with Gasteiger partial charge in [0.2, 0.25) is 0 Å². The number of imide groups is 1. The number of rotatable bonds is 5. The van der Waals surface area contributed by atoms with E-state index in [2.05, 4.69) is 10.3 Å². The van der Waals surface area contributed by atoms with Gasteiger partial charge in [0, 0.05) is 22.7 Å². The van der Waals surface area contributed by atoms with E-state index in [1.165, 1.54) is 0 Å². The van der Waals surface area contributed by atoms with E-state index in [1.807, 2.05) is 61.5 Å². The van der Waals surface area contributed by atoms with Crippen molar-refractivity contribution in [2.75, 3.05) is 6.54 Å². The fourth-order valence-corrected chi connectivity index (χ4v) is 3.66. The highest BCUT2D eigenvalue weighted by molar-refractivity contribution is 6.14. The predicted molar refractivity (Wildman–Crippen MR) is 101 cm³/mol. The monoisotopic (exact) mass is 361 g/mol. The molecule has 1 saturated heterocycles. The SMILES string of the molecule is CC[C@]1(c2ccccc2)NC(=O)N(CC(=O)c2c[nH]c3ccccc23)C1=O. The van der Waals surface area contributed by atoms with Crippen molar-refractivity contribution in [3.63, 3.8) is 0 Å². The summed E-state index contributed by atoms with van der Waals surface area (Å²) in [6.07, 6.45) is 2.02. The highest BCUT2D eigenvalue weighted by Gasteiger charge is 2.51. The molecule has 6 nitrogen and oxygen atoms in total. The lowest BCUT2D eigenvalue weighted by molar-refractivity contribution is -0.131. The minimum atomic E-state index is -1.13. The summed E-state index contributed by atoms with van der Waals surface area (Å²) in [5.74, 6) is -0.676. The van der Waals surface area contributed by atoms with Gasteiger partial charge in [-0.1, -0.05) is 55.5 Å². The Balaban J connectivity index is 1.64. The van der Waals surface area contributed by atoms with E-state index in [9.17, 15) is 14.4 Å². The first-order chi connectivity index (χ1) is 13.1. The van der Waals surface area contributed by atoms with Crippen molar-refractivity contribution in [1.29, 1.82) is 0 Å². The molecule has 2 N–H and O–H groups in total. The van der Waals surface area contributed by atoms with Crippen LogP contribution in [-0.4, -0.2) is 34.2 Å². The van der Waals surface area contributed by atoms with E-state index in [0.717, 1.165) is 15.8 Å². The van der Waals surface area contributed by atoms with Crippen LogP contribution in [0.15, 0.2) is 60.8 Å². The Bertz CT molecular complexity index is 1040. The van der Waals surface area contributed by atoms with Gasteiger partial charge in [0.05, 0.1) is 6.54 Å². The molecule has 27 heavy (non-hydrogen) atoms. The number of aromatic amines is 1. The molecule has 1 atom stereocenters. The number of ketones is 1. The van der Waals surface area contributed by atoms with E-state index in [-0.39, 0.29) is 12.3 Å². The summed E-state index contributed by atoms with van der Waals surface area (Å²) in [5, 5.41) is 3.58. The first kappa shape index (κ1) is 17.0. The van der Waals surface area contributed by atoms with Gasteiger partial charge in [-0.25, -0.2) is 4.79 Å². The molecule has 1 aliphatic heterocycles. The lowest BCUT2D eigenvalue weighted by Gasteiger charge is -2.25. The van der Waals surface area contributed by atoms with Crippen molar-refractivity contribution in [2.24, 2.45) is 0 Å². The fourth-order valence-electron chi connectivity index (χ4n) is 3.66. The molecule has 2 heterocycles. The van der Waals surface area contributed by atoms with Crippen LogP contribution in [0.4, 0.5) is 4.79 Å². The Labute approximate surface area is 156 Å². The third kappa shape index (κ3) is 2.61. The third-order valence-corrected chi connectivity index (χ3v) is 5.16. The number of fused-ring (bicyclic) bond motifs is 1. The molecule has 0 radical (unpaired) electrons. The number of benzene rings is 2. The standard InChI is InChI=1S/C21H19N3O3/c1-2-21(14-8-4-3-5-9-14)19(26)24(20(27)23-21)13-18(25)16-12-22-17-11-7-6-10-15(16)17/h3-12,22H,2,13H2,1H3,(H,23,27)/t21-/m1/s1. The summed E-state index contributed by atoms with van der Waals surface area (Å²) >= 11 is 0. The number of carbonyl (C=O) groups excluding carboxylic acids is 3. The molecule has 2 aromatic carbocycles. The van der Waals surface area contributed by atoms with Crippen LogP contribution in [0.25, 0.3) is 10.9 Å². The number of aromatic nitrogens is 1. The number of Topliss-reactive ketones (excluding diaryl/α,β-unsaturated/α-hetero) is 1. The van der Waals surface area contributed by atoms with Gasteiger partial charge in [-0.2, -0.15) is 0 Å². The average Bonchev–Trinajstić information content (AvgIpc) is 3.23. The molecule has 3 aromatic rings. The predicted octanol–water partition coefficient (Wildman–Crippen LogP) is 3.21. The van der Waals surface area contributed by atoms with Crippen molar-refractivity contribution in [3.8, 4) is 0 Å². The van der Waals surface area contributed by atoms with Crippen molar-refractivity contribution in [3.05, 3.63) is 71.9 Å². The molecule has 6 heteroatoms. The minimum absolute atomic E-state index is 0.282. The zero-order valence-corrected chi connectivity index (χ0v) is 14.9. The molecule has 0 bridgehead atoms. The first-order valence-corrected chi connectivity index (χ1v) is 8.86. The van der Waals surface area contributed by atoms with Crippen LogP contribution in [0, 0.1) is 0 Å². The quantitative estimate of drug-likeness (QED) is 0.541. The molecular formula is C21H19N3O3. The molecular weight excluding hydrogens is 342 g/mol. The van der Waals surface area contributed by atoms with E-state index in [4.69, 9.17) is 0 Å². The molecule has 4 rings (SSSR count). The van der Waals surface area contributed by atoms with Crippen LogP contribution >= 0.6 is 0 Å². The van der Waals surface area contributed by atoms with Gasteiger partial charge in [-0.3, -0.25) is 14.5 Å². The molecule has 0 unspecified atom stereocenters. The molecule has 0 aliphatic carbocycles. The lowest BCUT2D eigenvalue weighted by atomic mass is 9.87. The van der Waals surface area contributed by atoms with E-state index >= 15 is 0 Å². The average molecular weight is 361 g/mol. The Kier molecular flexibility index (Phi) is 4.03. The molecule has 3 amide bonds. The maximum atomic E-state index is 13.1. The van der Waals surface area contributed by atoms with Crippen LogP contribution in [0.5, 0.6) is 0 Å². The van der Waals surface area contributed by atoms with Gasteiger partial charge in [-0.15, -0.1) is 0 Å². The third-order valence-electron chi connectivity index (χ3n) is 5.16. The summed E-state index contributed by atoms with van der Waals surface area (Å²) in [7, 11) is 0. The summed E-state index contributed by atoms with van der Waals surface area (Å²) in [4.78, 5) is 42.5. The van der Waals surface area contributed by atoms with Crippen LogP contribution in [0.1, 0.15) is 29.3 Å². The second-order valence-corrected chi connectivity index (χ2v) is 6.62. The number of amides is 3. The smallest absolute Gasteiger partial charge is 0.325 e. The topological polar surface area (TPSA) is 82.3 Å². The molecule has 1 aromatic heterocycles. The van der Waals surface area contributed by atoms with Gasteiger partial charge in [0.25, 0.3) is 5.91 Å². The number of hydrogen-bond acceptors (Lipinski definition) is 3. The summed E-state index contributed by atoms with van der Waals surface area (Å²) in [5.41, 5.74) is 0.900. The molecule has 136 valence electrons. The molecule has 1 fully saturated rings. The zero-order valence-electron chi connectivity index (χ0n) is 14.9. The maximum Gasteiger partial charge on any atom is 0.325 e. The van der Waals surface area contributed by atoms with E-state index in [1.54, 1.807) is 6.20 Å². The number of hydrogen-bond donors (Lipinski definition) is 2. The normalized spacial score (nSPS) is 19.5. The Morgan fingerprint density at radius 2 is 1.74 bits per heavy atom. The van der Waals surface area contributed by atoms with Gasteiger partial charge < -0.3 is 10.3 Å². The lowest BCUT2D eigenvalue weighted by Crippen LogP contribution is -2.43. The number of para-hydroxylation sites is 1. The fraction of sp³-hybridized carbons (Fsp3) is 0.190. The van der Waals surface area contributed by atoms with Gasteiger partial charge >= 0.3 is 6.03 Å². The maximum absolute atomic E-state index is 13.1. The summed E-state index contributed by atoms with van der Waals surface area (Å²) in [6, 6.07) is 16.0. The Morgan fingerprint density at radius 1 is 1.04 bits per heavy atom. The van der Waals surface area contributed by atoms with Gasteiger partial charge in [-0.05, 0) is 18.1 Å². The number of nitrogens with one attached hydrogen (secondary N) is 2. The van der Waals surface area contributed by atoms with Crippen LogP contribution < -0.4 is 5.32 Å². The molecule has 0 spiro atoms. The Morgan fingerprint density at radius 3 is 2.48 bits per heavy atom. The first-order valence-electron chi connectivity index (χ1n) is 8.86. The van der Waals surface area contributed by atoms with Gasteiger partial charge in [0.1, 0.15) is 5.54 Å². The second kappa shape index (κ2) is 6.39. The number of carbonyl (C=O) groups is 3. The van der Waals surface area contributed by atoms with Crippen molar-refractivity contribution < 1.29 is 14.4 Å². The van der Waals surface area contributed by atoms with Crippen LogP contribution in [0.3, 0.4) is 0 Å². The highest BCUT2D eigenvalue weighted by Crippen LogP contribution is 2.32. The zero-order chi connectivity index (χ0) is 19.0. The van der Waals surface area contributed by atoms with Crippen molar-refractivity contribution in [1.82, 2.24) is 15.2 Å². The van der Waals surface area contributed by atoms with E-state index < -0.39 is 17.5 Å².